The number of hydrogen-bond acceptors (Lipinski definition) is 1. The molecule has 0 aromatic rings. The molecule has 0 unspecified atom stereocenters. The van der Waals surface area contributed by atoms with E-state index in [1.807, 2.05) is 4.90 Å². The van der Waals surface area contributed by atoms with Crippen molar-refractivity contribution in [2.45, 2.75) is 27.7 Å². The van der Waals surface area contributed by atoms with Gasteiger partial charge in [0.15, 0.2) is 0 Å². The molecule has 0 amide bonds. The molecular formula is C20H37Cl2CoN5S4+5. The second-order valence-corrected chi connectivity index (χ2v) is 9.42. The molecule has 32 heavy (non-hydrogen) atoms. The molecule has 0 fully saturated rings. The third-order valence-electron chi connectivity index (χ3n) is 4.16. The van der Waals surface area contributed by atoms with Crippen molar-refractivity contribution in [2.75, 3.05) is 51.0 Å². The van der Waals surface area contributed by atoms with Crippen molar-refractivity contribution in [1.82, 2.24) is 14.7 Å². The molecule has 0 atom stereocenters. The summed E-state index contributed by atoms with van der Waals surface area (Å²) < 4.78 is 1.82. The molecule has 0 heterocycles. The molecule has 5 nitrogen and oxygen atoms in total. The summed E-state index contributed by atoms with van der Waals surface area (Å²) in [6.45, 7) is 13.7. The summed E-state index contributed by atoms with van der Waals surface area (Å²) in [6, 6.07) is 0. The normalized spacial score (nSPS) is 12.2. The van der Waals surface area contributed by atoms with Gasteiger partial charge in [-0.3, -0.25) is 0 Å². The predicted molar refractivity (Wildman–Crippen MR) is 161 cm³/mol. The van der Waals surface area contributed by atoms with Crippen molar-refractivity contribution in [2.24, 2.45) is 0 Å². The van der Waals surface area contributed by atoms with Gasteiger partial charge < -0.3 is 15.7 Å². The SMILES string of the molecule is CCN(CC)C(=[SH+])[SH2+].CCN(CC)C(=[SH+])[SH2+].[Co+3].[N-]=C1C=CC(N(CCCl)CCCl)=CC1=[N-]. The van der Waals surface area contributed by atoms with Crippen LogP contribution in [0.5, 0.6) is 0 Å². The molecule has 12 heteroatoms. The van der Waals surface area contributed by atoms with Crippen molar-refractivity contribution < 1.29 is 16.8 Å². The molecule has 0 aromatic carbocycles. The maximum atomic E-state index is 9.34. The van der Waals surface area contributed by atoms with Crippen LogP contribution in [0.3, 0.4) is 0 Å². The molecule has 0 aromatic heterocycles. The van der Waals surface area contributed by atoms with Gasteiger partial charge in [-0.15, -0.1) is 23.2 Å². The summed E-state index contributed by atoms with van der Waals surface area (Å²) in [5, 5.41) is 18.5. The predicted octanol–water partition coefficient (Wildman–Crippen LogP) is 1.65. The fraction of sp³-hybridized carbons (Fsp3) is 0.600. The van der Waals surface area contributed by atoms with Crippen LogP contribution in [0.25, 0.3) is 10.8 Å². The van der Waals surface area contributed by atoms with E-state index in [1.54, 1.807) is 6.08 Å². The number of alkyl halides is 2. The largest absolute Gasteiger partial charge is 3.00 e. The third-order valence-corrected chi connectivity index (χ3v) is 5.70. The molecular weight excluding hydrogens is 568 g/mol. The van der Waals surface area contributed by atoms with Crippen LogP contribution < -0.4 is 0 Å². The van der Waals surface area contributed by atoms with Gasteiger partial charge in [0.2, 0.25) is 24.4 Å². The zero-order valence-corrected chi connectivity index (χ0v) is 25.5. The van der Waals surface area contributed by atoms with Gasteiger partial charge >= 0.3 is 25.4 Å². The zero-order chi connectivity index (χ0) is 24.4. The van der Waals surface area contributed by atoms with Gasteiger partial charge in [0, 0.05) is 56.7 Å². The van der Waals surface area contributed by atoms with E-state index in [1.165, 1.54) is 12.2 Å². The minimum atomic E-state index is -0.137. The number of thiol groups is 2. The van der Waals surface area contributed by atoms with E-state index < -0.39 is 0 Å². The minimum Gasteiger partial charge on any atom is -0.805 e. The van der Waals surface area contributed by atoms with Crippen molar-refractivity contribution in [3.05, 3.63) is 34.7 Å². The Morgan fingerprint density at radius 2 is 1.19 bits per heavy atom. The summed E-state index contributed by atoms with van der Waals surface area (Å²) in [5.41, 5.74) is 0.531. The first-order valence-electron chi connectivity index (χ1n) is 10.1. The Morgan fingerprint density at radius 3 is 1.41 bits per heavy atom. The van der Waals surface area contributed by atoms with Crippen LogP contribution >= 0.6 is 23.2 Å². The molecule has 1 rings (SSSR count). The van der Waals surface area contributed by atoms with Gasteiger partial charge in [0.1, 0.15) is 0 Å². The average Bonchev–Trinajstić information content (AvgIpc) is 2.72. The molecule has 0 aliphatic heterocycles. The van der Waals surface area contributed by atoms with E-state index in [2.05, 4.69) is 87.2 Å². The molecule has 0 radical (unpaired) electrons. The molecule has 0 spiro atoms. The molecule has 1 aliphatic rings. The van der Waals surface area contributed by atoms with Crippen LogP contribution in [-0.2, 0) is 66.5 Å². The monoisotopic (exact) mass is 604 g/mol. The summed E-state index contributed by atoms with van der Waals surface area (Å²) >= 11 is 26.2. The minimum absolute atomic E-state index is 0. The van der Waals surface area contributed by atoms with Crippen molar-refractivity contribution in [1.29, 1.82) is 0 Å². The Morgan fingerprint density at radius 1 is 0.812 bits per heavy atom. The maximum Gasteiger partial charge on any atom is 3.00 e. The number of hydrogen-bond donors (Lipinski definition) is 0. The number of halogens is 2. The number of nitrogens with zero attached hydrogens (tertiary/aromatic N) is 5. The van der Waals surface area contributed by atoms with E-state index >= 15 is 0 Å². The topological polar surface area (TPSA) is 54.3 Å². The second-order valence-electron chi connectivity index (χ2n) is 6.03. The van der Waals surface area contributed by atoms with Crippen molar-refractivity contribution in [3.63, 3.8) is 0 Å². The first-order valence-corrected chi connectivity index (χ1v) is 13.0. The first kappa shape index (κ1) is 37.1. The fourth-order valence-electron chi connectivity index (χ4n) is 2.33. The molecule has 1 aliphatic carbocycles. The Balaban J connectivity index is -0.000000425. The van der Waals surface area contributed by atoms with Gasteiger partial charge in [-0.1, -0.05) is 39.8 Å². The van der Waals surface area contributed by atoms with Crippen molar-refractivity contribution >= 4 is 93.0 Å². The summed E-state index contributed by atoms with van der Waals surface area (Å²) in [5.74, 6) is 0.969. The Hall–Kier alpha value is 0.506. The van der Waals surface area contributed by atoms with E-state index in [0.29, 0.717) is 24.8 Å². The van der Waals surface area contributed by atoms with Crippen LogP contribution in [0.4, 0.5) is 0 Å². The maximum absolute atomic E-state index is 9.34. The van der Waals surface area contributed by atoms with E-state index in [0.717, 1.165) is 40.5 Å². The molecule has 184 valence electrons. The Bertz CT molecular complexity index is 611. The Kier molecular flexibility index (Phi) is 26.9. The van der Waals surface area contributed by atoms with Crippen LogP contribution in [-0.4, -0.2) is 85.8 Å². The zero-order valence-electron chi connectivity index (χ0n) is 19.1. The van der Waals surface area contributed by atoms with Crippen molar-refractivity contribution in [3.8, 4) is 0 Å². The molecule has 0 saturated heterocycles. The van der Waals surface area contributed by atoms with Gasteiger partial charge in [-0.25, -0.2) is 0 Å². The first-order chi connectivity index (χ1) is 14.6. The van der Waals surface area contributed by atoms with Crippen LogP contribution in [0.15, 0.2) is 23.9 Å². The number of allylic oxidation sites excluding steroid dienone is 3. The fourth-order valence-corrected chi connectivity index (χ4v) is 3.94. The molecule has 0 saturated carbocycles. The molecule has 0 N–H and O–H groups in total. The van der Waals surface area contributed by atoms with E-state index in [4.69, 9.17) is 28.6 Å². The van der Waals surface area contributed by atoms with E-state index in [9.17, 15) is 5.41 Å². The van der Waals surface area contributed by atoms with E-state index in [-0.39, 0.29) is 28.2 Å². The van der Waals surface area contributed by atoms with Gasteiger partial charge in [-0.05, 0) is 6.08 Å². The summed E-state index contributed by atoms with van der Waals surface area (Å²) in [6.07, 6.45) is 4.66. The van der Waals surface area contributed by atoms with Gasteiger partial charge in [0.25, 0.3) is 0 Å². The van der Waals surface area contributed by atoms with Crippen LogP contribution in [0, 0.1) is 0 Å². The average molecular weight is 606 g/mol. The Labute approximate surface area is 236 Å². The molecule has 0 bridgehead atoms. The van der Waals surface area contributed by atoms with Gasteiger partial charge in [-0.2, -0.15) is 21.2 Å². The third kappa shape index (κ3) is 17.0. The van der Waals surface area contributed by atoms with Crippen LogP contribution in [0.2, 0.25) is 0 Å². The summed E-state index contributed by atoms with van der Waals surface area (Å²) in [7, 11) is 0. The number of rotatable bonds is 9. The second kappa shape index (κ2) is 23.3. The summed E-state index contributed by atoms with van der Waals surface area (Å²) in [4.78, 5) is 6.17. The van der Waals surface area contributed by atoms with Gasteiger partial charge in [0.05, 0.1) is 25.3 Å². The quantitative estimate of drug-likeness (QED) is 0.132. The van der Waals surface area contributed by atoms with Crippen LogP contribution in [0.1, 0.15) is 27.7 Å². The smallest absolute Gasteiger partial charge is 0.805 e. The standard InChI is InChI=1S/C10H11Cl2N3.2C5H11NS2.Co/c11-3-5-15(6-4-12)8-1-2-9(13)10(14)7-8;2*1-3-6(4-2)5(7)8;/h1-2,7H,3-6H2;2*3-4H2,1-2H3,(H,7,8);/q-2;;;+3/p+4.